The van der Waals surface area contributed by atoms with Crippen LogP contribution in [-0.4, -0.2) is 44.9 Å². The Morgan fingerprint density at radius 1 is 1.21 bits per heavy atom. The van der Waals surface area contributed by atoms with Crippen molar-refractivity contribution in [3.63, 3.8) is 0 Å². The molecule has 1 aliphatic heterocycles. The Kier molecular flexibility index (Phi) is 6.65. The van der Waals surface area contributed by atoms with E-state index < -0.39 is 9.84 Å². The number of thiophene rings is 1. The first-order valence-electron chi connectivity index (χ1n) is 9.30. The molecule has 1 aliphatic rings. The highest BCUT2D eigenvalue weighted by Crippen LogP contribution is 2.32. The topological polar surface area (TPSA) is 80.8 Å². The number of carbonyl (C=O) groups is 2. The summed E-state index contributed by atoms with van der Waals surface area (Å²) in [5.74, 6) is -0.611. The summed E-state index contributed by atoms with van der Waals surface area (Å²) in [5.41, 5.74) is 0.447. The van der Waals surface area contributed by atoms with E-state index in [4.69, 9.17) is 16.3 Å². The number of amides is 1. The van der Waals surface area contributed by atoms with Crippen LogP contribution >= 0.6 is 22.9 Å². The van der Waals surface area contributed by atoms with Gasteiger partial charge in [0.1, 0.15) is 0 Å². The maximum absolute atomic E-state index is 13.0. The summed E-state index contributed by atoms with van der Waals surface area (Å²) >= 11 is 6.98. The third kappa shape index (κ3) is 4.49. The summed E-state index contributed by atoms with van der Waals surface area (Å²) in [7, 11) is -3.74. The molecule has 2 heterocycles. The lowest BCUT2D eigenvalue weighted by Gasteiger charge is -2.30. The van der Waals surface area contributed by atoms with E-state index in [2.05, 4.69) is 0 Å². The average Bonchev–Trinajstić information content (AvgIpc) is 3.10. The molecule has 1 fully saturated rings. The van der Waals surface area contributed by atoms with Crippen molar-refractivity contribution in [1.29, 1.82) is 0 Å². The van der Waals surface area contributed by atoms with E-state index in [0.29, 0.717) is 48.0 Å². The number of benzene rings is 1. The fourth-order valence-electron chi connectivity index (χ4n) is 3.34. The van der Waals surface area contributed by atoms with Gasteiger partial charge in [0.25, 0.3) is 5.91 Å². The average molecular weight is 456 g/mol. The van der Waals surface area contributed by atoms with Crippen molar-refractivity contribution < 1.29 is 22.7 Å². The Bertz CT molecular complexity index is 1010. The van der Waals surface area contributed by atoms with Crippen molar-refractivity contribution in [3.05, 3.63) is 45.1 Å². The monoisotopic (exact) mass is 455 g/mol. The summed E-state index contributed by atoms with van der Waals surface area (Å²) < 4.78 is 30.9. The highest BCUT2D eigenvalue weighted by molar-refractivity contribution is 7.91. The highest BCUT2D eigenvalue weighted by atomic mass is 35.5. The molecule has 0 spiro atoms. The summed E-state index contributed by atoms with van der Waals surface area (Å²) in [6.45, 7) is 4.65. The van der Waals surface area contributed by atoms with Crippen LogP contribution in [0.5, 0.6) is 0 Å². The predicted octanol–water partition coefficient (Wildman–Crippen LogP) is 3.96. The van der Waals surface area contributed by atoms with Crippen LogP contribution < -0.4 is 0 Å². The van der Waals surface area contributed by atoms with E-state index in [1.54, 1.807) is 18.7 Å². The van der Waals surface area contributed by atoms with Gasteiger partial charge in [-0.1, -0.05) is 11.6 Å². The third-order valence-electron chi connectivity index (χ3n) is 5.00. The van der Waals surface area contributed by atoms with Crippen LogP contribution in [0.15, 0.2) is 39.4 Å². The number of carbonyl (C=O) groups excluding carboxylic acids is 2. The second kappa shape index (κ2) is 8.85. The van der Waals surface area contributed by atoms with Crippen LogP contribution in [0.4, 0.5) is 0 Å². The zero-order valence-corrected chi connectivity index (χ0v) is 18.6. The molecule has 6 nitrogen and oxygen atoms in total. The zero-order valence-electron chi connectivity index (χ0n) is 16.2. The summed E-state index contributed by atoms with van der Waals surface area (Å²) in [6, 6.07) is 5.96. The zero-order chi connectivity index (χ0) is 21.2. The fraction of sp³-hybridized carbons (Fsp3) is 0.400. The molecule has 0 radical (unpaired) electrons. The minimum atomic E-state index is -3.74. The molecular weight excluding hydrogens is 434 g/mol. The molecular formula is C20H22ClNO5S2. The van der Waals surface area contributed by atoms with Crippen molar-refractivity contribution in [1.82, 2.24) is 4.90 Å². The first kappa shape index (κ1) is 21.8. The van der Waals surface area contributed by atoms with Gasteiger partial charge >= 0.3 is 5.97 Å². The highest BCUT2D eigenvalue weighted by Gasteiger charge is 2.31. The molecule has 0 saturated carbocycles. The van der Waals surface area contributed by atoms with Crippen molar-refractivity contribution in [3.8, 4) is 0 Å². The molecule has 1 aromatic heterocycles. The van der Waals surface area contributed by atoms with E-state index in [-0.39, 0.29) is 27.6 Å². The number of esters is 1. The van der Waals surface area contributed by atoms with E-state index >= 15 is 0 Å². The lowest BCUT2D eigenvalue weighted by atomic mass is 9.97. The second-order valence-corrected chi connectivity index (χ2v) is 10.1. The number of hydrogen-bond acceptors (Lipinski definition) is 6. The lowest BCUT2D eigenvalue weighted by Crippen LogP contribution is -2.40. The van der Waals surface area contributed by atoms with Gasteiger partial charge in [0.2, 0.25) is 9.84 Å². The molecule has 1 saturated heterocycles. The standard InChI is InChI=1S/C20H22ClNO5S2/c1-3-27-20(24)14-8-10-22(11-9-14)19(23)18-13(2)17(12-28-18)29(25,26)16-6-4-15(21)5-7-16/h4-7,12,14H,3,8-11H2,1-2H3. The number of hydrogen-bond donors (Lipinski definition) is 0. The van der Waals surface area contributed by atoms with Crippen molar-refractivity contribution >= 4 is 44.7 Å². The van der Waals surface area contributed by atoms with Gasteiger partial charge < -0.3 is 9.64 Å². The van der Waals surface area contributed by atoms with E-state index in [9.17, 15) is 18.0 Å². The molecule has 3 rings (SSSR count). The number of likely N-dealkylation sites (tertiary alicyclic amines) is 1. The quantitative estimate of drug-likeness (QED) is 0.637. The molecule has 1 amide bonds. The van der Waals surface area contributed by atoms with Gasteiger partial charge in [0.15, 0.2) is 0 Å². The second-order valence-electron chi connectivity index (χ2n) is 6.83. The molecule has 156 valence electrons. The summed E-state index contributed by atoms with van der Waals surface area (Å²) in [6.07, 6.45) is 1.09. The Morgan fingerprint density at radius 2 is 1.83 bits per heavy atom. The van der Waals surface area contributed by atoms with Gasteiger partial charge in [-0.25, -0.2) is 8.42 Å². The van der Waals surface area contributed by atoms with Gasteiger partial charge in [-0.2, -0.15) is 0 Å². The lowest BCUT2D eigenvalue weighted by molar-refractivity contribution is -0.149. The molecule has 0 atom stereocenters. The SMILES string of the molecule is CCOC(=O)C1CCN(C(=O)c2scc(S(=O)(=O)c3ccc(Cl)cc3)c2C)CC1. The number of sulfone groups is 1. The third-order valence-corrected chi connectivity index (χ3v) is 8.37. The van der Waals surface area contributed by atoms with Gasteiger partial charge in [0.05, 0.1) is 27.2 Å². The summed E-state index contributed by atoms with van der Waals surface area (Å²) in [4.78, 5) is 27.2. The van der Waals surface area contributed by atoms with Gasteiger partial charge in [-0.3, -0.25) is 9.59 Å². The minimum Gasteiger partial charge on any atom is -0.466 e. The van der Waals surface area contributed by atoms with Crippen LogP contribution in [0.2, 0.25) is 5.02 Å². The van der Waals surface area contributed by atoms with Crippen LogP contribution in [0.1, 0.15) is 35.0 Å². The Hall–Kier alpha value is -1.90. The van der Waals surface area contributed by atoms with Gasteiger partial charge in [0, 0.05) is 23.5 Å². The van der Waals surface area contributed by atoms with Crippen LogP contribution in [0.25, 0.3) is 0 Å². The van der Waals surface area contributed by atoms with E-state index in [1.807, 2.05) is 0 Å². The maximum Gasteiger partial charge on any atom is 0.309 e. The van der Waals surface area contributed by atoms with E-state index in [1.165, 1.54) is 29.6 Å². The number of halogens is 1. The number of nitrogens with zero attached hydrogens (tertiary/aromatic N) is 1. The molecule has 29 heavy (non-hydrogen) atoms. The molecule has 9 heteroatoms. The van der Waals surface area contributed by atoms with Gasteiger partial charge in [-0.05, 0) is 56.5 Å². The van der Waals surface area contributed by atoms with Crippen molar-refractivity contribution in [2.75, 3.05) is 19.7 Å². The molecule has 0 unspecified atom stereocenters. The van der Waals surface area contributed by atoms with Crippen molar-refractivity contribution in [2.45, 2.75) is 36.5 Å². The Morgan fingerprint density at radius 3 is 2.41 bits per heavy atom. The number of rotatable bonds is 5. The molecule has 1 aromatic carbocycles. The first-order valence-corrected chi connectivity index (χ1v) is 12.0. The first-order chi connectivity index (χ1) is 13.8. The molecule has 0 bridgehead atoms. The molecule has 2 aromatic rings. The number of piperidine rings is 1. The van der Waals surface area contributed by atoms with Gasteiger partial charge in [-0.15, -0.1) is 11.3 Å². The Balaban J connectivity index is 1.76. The molecule has 0 aliphatic carbocycles. The molecule has 0 N–H and O–H groups in total. The predicted molar refractivity (Wildman–Crippen MR) is 111 cm³/mol. The fourth-order valence-corrected chi connectivity index (χ4v) is 6.35. The van der Waals surface area contributed by atoms with Crippen LogP contribution in [-0.2, 0) is 19.4 Å². The Labute approximate surface area is 179 Å². The van der Waals surface area contributed by atoms with Crippen LogP contribution in [0.3, 0.4) is 0 Å². The maximum atomic E-state index is 13.0. The smallest absolute Gasteiger partial charge is 0.309 e. The van der Waals surface area contributed by atoms with Crippen molar-refractivity contribution in [2.24, 2.45) is 5.92 Å². The van der Waals surface area contributed by atoms with E-state index in [0.717, 1.165) is 11.3 Å². The minimum absolute atomic E-state index is 0.134. The largest absolute Gasteiger partial charge is 0.466 e. The van der Waals surface area contributed by atoms with Crippen LogP contribution in [0, 0.1) is 12.8 Å². The normalized spacial score (nSPS) is 15.3. The number of ether oxygens (including phenoxy) is 1. The summed E-state index contributed by atoms with van der Waals surface area (Å²) in [5, 5.41) is 1.96.